The van der Waals surface area contributed by atoms with Gasteiger partial charge >= 0.3 is 0 Å². The lowest BCUT2D eigenvalue weighted by atomic mass is 9.61. The van der Waals surface area contributed by atoms with Gasteiger partial charge < -0.3 is 9.47 Å². The van der Waals surface area contributed by atoms with Crippen molar-refractivity contribution in [3.05, 3.63) is 39.3 Å². The molecule has 28 heavy (non-hydrogen) atoms. The number of nitrogens with zero attached hydrogens (tertiary/aromatic N) is 3. The molecule has 1 spiro atoms. The van der Waals surface area contributed by atoms with E-state index in [0.717, 1.165) is 48.1 Å². The summed E-state index contributed by atoms with van der Waals surface area (Å²) in [6.45, 7) is 5.42. The predicted octanol–water partition coefficient (Wildman–Crippen LogP) is 0.789. The minimum atomic E-state index is -3.69. The van der Waals surface area contributed by atoms with Crippen molar-refractivity contribution in [3.63, 3.8) is 0 Å². The van der Waals surface area contributed by atoms with Gasteiger partial charge in [0.05, 0.1) is 5.69 Å². The van der Waals surface area contributed by atoms with Crippen molar-refractivity contribution in [2.24, 2.45) is 17.6 Å². The van der Waals surface area contributed by atoms with E-state index in [1.807, 2.05) is 26.0 Å². The lowest BCUT2D eigenvalue weighted by molar-refractivity contribution is 0.0591. The quantitative estimate of drug-likeness (QED) is 0.787. The van der Waals surface area contributed by atoms with Gasteiger partial charge in [-0.1, -0.05) is 0 Å². The SMILES string of the molecule is Cc1cc2c(N3CC4(CC(NS(N)(=O)=O)C4)C3)c(C#N)n(C)c(=O)c2cc1C. The summed E-state index contributed by atoms with van der Waals surface area (Å²) in [5, 5.41) is 16.2. The van der Waals surface area contributed by atoms with Crippen molar-refractivity contribution in [1.82, 2.24) is 9.29 Å². The van der Waals surface area contributed by atoms with Crippen LogP contribution in [0.1, 0.15) is 29.7 Å². The van der Waals surface area contributed by atoms with Crippen molar-refractivity contribution in [1.29, 1.82) is 5.26 Å². The maximum Gasteiger partial charge on any atom is 0.274 e. The molecule has 0 unspecified atom stereocenters. The number of aromatic nitrogens is 1. The van der Waals surface area contributed by atoms with E-state index in [2.05, 4.69) is 15.7 Å². The third-order valence-corrected chi connectivity index (χ3v) is 6.81. The maximum atomic E-state index is 12.7. The van der Waals surface area contributed by atoms with Crippen LogP contribution in [0, 0.1) is 30.6 Å². The van der Waals surface area contributed by atoms with Crippen molar-refractivity contribution >= 4 is 26.7 Å². The summed E-state index contributed by atoms with van der Waals surface area (Å²) in [5.41, 5.74) is 3.12. The first-order valence-corrected chi connectivity index (χ1v) is 10.7. The van der Waals surface area contributed by atoms with Crippen LogP contribution in [-0.4, -0.2) is 32.1 Å². The van der Waals surface area contributed by atoms with E-state index < -0.39 is 10.2 Å². The number of nitriles is 1. The Morgan fingerprint density at radius 1 is 1.21 bits per heavy atom. The molecule has 1 aromatic carbocycles. The Hall–Kier alpha value is -2.41. The number of nitrogens with one attached hydrogen (secondary N) is 1. The number of hydrogen-bond donors (Lipinski definition) is 2. The van der Waals surface area contributed by atoms with Crippen LogP contribution in [0.3, 0.4) is 0 Å². The largest absolute Gasteiger partial charge is 0.367 e. The number of hydrogen-bond acceptors (Lipinski definition) is 5. The van der Waals surface area contributed by atoms with Gasteiger partial charge in [-0.25, -0.2) is 5.14 Å². The highest BCUT2D eigenvalue weighted by molar-refractivity contribution is 7.87. The van der Waals surface area contributed by atoms with Gasteiger partial charge in [0.2, 0.25) is 0 Å². The fourth-order valence-electron chi connectivity index (χ4n) is 4.69. The zero-order chi connectivity index (χ0) is 20.4. The third-order valence-electron chi connectivity index (χ3n) is 6.15. The zero-order valence-corrected chi connectivity index (χ0v) is 16.9. The van der Waals surface area contributed by atoms with Gasteiger partial charge in [-0.15, -0.1) is 0 Å². The van der Waals surface area contributed by atoms with Crippen molar-refractivity contribution in [2.45, 2.75) is 32.7 Å². The third kappa shape index (κ3) is 2.89. The van der Waals surface area contributed by atoms with Gasteiger partial charge in [-0.05, 0) is 49.9 Å². The van der Waals surface area contributed by atoms with Gasteiger partial charge in [-0.2, -0.15) is 18.4 Å². The first-order chi connectivity index (χ1) is 13.0. The topological polar surface area (TPSA) is 121 Å². The highest BCUT2D eigenvalue weighted by atomic mass is 32.2. The van der Waals surface area contributed by atoms with E-state index in [1.54, 1.807) is 7.05 Å². The van der Waals surface area contributed by atoms with E-state index in [-0.39, 0.29) is 17.0 Å². The predicted molar refractivity (Wildman–Crippen MR) is 107 cm³/mol. The number of aryl methyl sites for hydroxylation is 2. The fourth-order valence-corrected chi connectivity index (χ4v) is 5.32. The Bertz CT molecular complexity index is 1200. The van der Waals surface area contributed by atoms with Gasteiger partial charge in [0, 0.05) is 42.4 Å². The average Bonchev–Trinajstić information content (AvgIpc) is 2.53. The van der Waals surface area contributed by atoms with Crippen LogP contribution < -0.4 is 20.3 Å². The van der Waals surface area contributed by atoms with Gasteiger partial charge in [0.1, 0.15) is 11.8 Å². The molecule has 1 saturated heterocycles. The maximum absolute atomic E-state index is 12.7. The number of nitrogens with two attached hydrogens (primary N) is 1. The number of rotatable bonds is 3. The summed E-state index contributed by atoms with van der Waals surface area (Å²) in [5.74, 6) is 0. The molecule has 0 amide bonds. The van der Waals surface area contributed by atoms with E-state index >= 15 is 0 Å². The Kier molecular flexibility index (Phi) is 4.08. The molecule has 2 aromatic rings. The molecular weight excluding hydrogens is 378 g/mol. The summed E-state index contributed by atoms with van der Waals surface area (Å²) < 4.78 is 26.2. The van der Waals surface area contributed by atoms with E-state index in [9.17, 15) is 18.5 Å². The molecule has 2 fully saturated rings. The molecule has 0 radical (unpaired) electrons. The van der Waals surface area contributed by atoms with E-state index in [0.29, 0.717) is 11.1 Å². The molecule has 8 nitrogen and oxygen atoms in total. The van der Waals surface area contributed by atoms with E-state index in [1.165, 1.54) is 4.57 Å². The standard InChI is InChI=1S/C19H23N5O3S/c1-11-4-14-15(5-12(11)2)18(25)23(3)16(8-20)17(14)24-9-19(10-24)6-13(7-19)22-28(21,26)27/h4-5,13,22H,6-7,9-10H2,1-3H3,(H2,21,26,27). The Balaban J connectivity index is 1.69. The molecule has 3 N–H and O–H groups in total. The molecule has 9 heteroatoms. The Morgan fingerprint density at radius 2 is 1.79 bits per heavy atom. The van der Waals surface area contributed by atoms with Gasteiger partial charge in [0.25, 0.3) is 15.8 Å². The zero-order valence-electron chi connectivity index (χ0n) is 16.1. The van der Waals surface area contributed by atoms with E-state index in [4.69, 9.17) is 5.14 Å². The van der Waals surface area contributed by atoms with Crippen molar-refractivity contribution in [3.8, 4) is 6.07 Å². The molecule has 0 atom stereocenters. The Labute approximate surface area is 163 Å². The molecule has 1 aliphatic carbocycles. The molecule has 1 aliphatic heterocycles. The first kappa shape index (κ1) is 18.9. The molecule has 1 aromatic heterocycles. The van der Waals surface area contributed by atoms with Crippen LogP contribution in [-0.2, 0) is 17.3 Å². The van der Waals surface area contributed by atoms with Gasteiger partial charge in [0.15, 0.2) is 0 Å². The monoisotopic (exact) mass is 401 g/mol. The minimum Gasteiger partial charge on any atom is -0.367 e. The lowest BCUT2D eigenvalue weighted by Gasteiger charge is -2.60. The van der Waals surface area contributed by atoms with Gasteiger partial charge in [-0.3, -0.25) is 4.79 Å². The second-order valence-electron chi connectivity index (χ2n) is 8.28. The summed E-state index contributed by atoms with van der Waals surface area (Å²) in [4.78, 5) is 14.9. The van der Waals surface area contributed by atoms with Crippen LogP contribution in [0.5, 0.6) is 0 Å². The average molecular weight is 401 g/mol. The lowest BCUT2D eigenvalue weighted by Crippen LogP contribution is -2.67. The first-order valence-electron chi connectivity index (χ1n) is 9.13. The highest BCUT2D eigenvalue weighted by Gasteiger charge is 2.53. The number of pyridine rings is 1. The highest BCUT2D eigenvalue weighted by Crippen LogP contribution is 2.51. The molecule has 1 saturated carbocycles. The fraction of sp³-hybridized carbons (Fsp3) is 0.474. The number of fused-ring (bicyclic) bond motifs is 1. The molecule has 0 bridgehead atoms. The number of anilines is 1. The summed E-state index contributed by atoms with van der Waals surface area (Å²) in [6, 6.07) is 5.94. The van der Waals surface area contributed by atoms with Crippen molar-refractivity contribution in [2.75, 3.05) is 18.0 Å². The van der Waals surface area contributed by atoms with Crippen LogP contribution in [0.25, 0.3) is 10.8 Å². The summed E-state index contributed by atoms with van der Waals surface area (Å²) in [6.07, 6.45) is 1.45. The molecule has 2 aliphatic rings. The summed E-state index contributed by atoms with van der Waals surface area (Å²) >= 11 is 0. The number of benzene rings is 1. The minimum absolute atomic E-state index is 0.0376. The molecular formula is C19H23N5O3S. The van der Waals surface area contributed by atoms with Crippen LogP contribution in [0.15, 0.2) is 16.9 Å². The molecule has 2 heterocycles. The molecule has 148 valence electrons. The smallest absolute Gasteiger partial charge is 0.274 e. The van der Waals surface area contributed by atoms with Crippen LogP contribution in [0.4, 0.5) is 5.69 Å². The normalized spacial score (nSPS) is 18.8. The van der Waals surface area contributed by atoms with Crippen LogP contribution in [0.2, 0.25) is 0 Å². The second-order valence-corrected chi connectivity index (χ2v) is 9.61. The van der Waals surface area contributed by atoms with Crippen LogP contribution >= 0.6 is 0 Å². The summed E-state index contributed by atoms with van der Waals surface area (Å²) in [7, 11) is -2.06. The van der Waals surface area contributed by atoms with Crippen molar-refractivity contribution < 1.29 is 8.42 Å². The second kappa shape index (κ2) is 6.04. The Morgan fingerprint density at radius 3 is 2.32 bits per heavy atom. The molecule has 4 rings (SSSR count).